The molecule has 0 spiro atoms. The second-order valence-electron chi connectivity index (χ2n) is 4.58. The molecule has 3 heteroatoms. The Morgan fingerprint density at radius 1 is 1.10 bits per heavy atom. The SMILES string of the molecule is COc1ccc(SC(Cc2ccccc2)C(C)=O)cc1. The van der Waals surface area contributed by atoms with Gasteiger partial charge in [-0.1, -0.05) is 30.3 Å². The van der Waals surface area contributed by atoms with Gasteiger partial charge in [0.2, 0.25) is 0 Å². The number of rotatable bonds is 6. The first-order valence-corrected chi connectivity index (χ1v) is 7.42. The summed E-state index contributed by atoms with van der Waals surface area (Å²) in [7, 11) is 1.65. The van der Waals surface area contributed by atoms with E-state index < -0.39 is 0 Å². The zero-order valence-electron chi connectivity index (χ0n) is 11.7. The molecule has 1 atom stereocenters. The van der Waals surface area contributed by atoms with Crippen LogP contribution in [0.3, 0.4) is 0 Å². The summed E-state index contributed by atoms with van der Waals surface area (Å²) < 4.78 is 5.14. The van der Waals surface area contributed by atoms with Gasteiger partial charge in [-0.15, -0.1) is 11.8 Å². The Labute approximate surface area is 124 Å². The van der Waals surface area contributed by atoms with Crippen LogP contribution < -0.4 is 4.74 Å². The van der Waals surface area contributed by atoms with E-state index in [1.165, 1.54) is 5.56 Å². The minimum absolute atomic E-state index is 0.0502. The van der Waals surface area contributed by atoms with Crippen LogP contribution in [0.2, 0.25) is 0 Å². The molecule has 0 aliphatic rings. The molecule has 0 saturated heterocycles. The molecule has 0 amide bonds. The molecule has 0 fully saturated rings. The number of thioether (sulfide) groups is 1. The number of ketones is 1. The predicted octanol–water partition coefficient (Wildman–Crippen LogP) is 3.99. The minimum atomic E-state index is -0.0502. The third kappa shape index (κ3) is 4.14. The van der Waals surface area contributed by atoms with Crippen molar-refractivity contribution in [1.29, 1.82) is 0 Å². The average Bonchev–Trinajstić information content (AvgIpc) is 2.48. The summed E-state index contributed by atoms with van der Waals surface area (Å²) in [6, 6.07) is 17.9. The zero-order valence-corrected chi connectivity index (χ0v) is 12.5. The lowest BCUT2D eigenvalue weighted by molar-refractivity contribution is -0.116. The molecule has 0 aliphatic heterocycles. The highest BCUT2D eigenvalue weighted by atomic mass is 32.2. The summed E-state index contributed by atoms with van der Waals surface area (Å²) in [4.78, 5) is 12.9. The van der Waals surface area contributed by atoms with Crippen LogP contribution in [-0.2, 0) is 11.2 Å². The van der Waals surface area contributed by atoms with Gasteiger partial charge >= 0.3 is 0 Å². The van der Waals surface area contributed by atoms with Gasteiger partial charge in [-0.25, -0.2) is 0 Å². The molecule has 2 nitrogen and oxygen atoms in total. The van der Waals surface area contributed by atoms with Crippen LogP contribution in [0.15, 0.2) is 59.5 Å². The van der Waals surface area contributed by atoms with Crippen molar-refractivity contribution in [2.75, 3.05) is 7.11 Å². The molecule has 1 unspecified atom stereocenters. The highest BCUT2D eigenvalue weighted by Crippen LogP contribution is 2.28. The fourth-order valence-corrected chi connectivity index (χ4v) is 2.98. The van der Waals surface area contributed by atoms with E-state index >= 15 is 0 Å². The molecule has 0 radical (unpaired) electrons. The van der Waals surface area contributed by atoms with E-state index in [1.807, 2.05) is 42.5 Å². The van der Waals surface area contributed by atoms with E-state index in [4.69, 9.17) is 4.74 Å². The summed E-state index contributed by atoms with van der Waals surface area (Å²) in [6.45, 7) is 1.66. The number of carbonyl (C=O) groups is 1. The third-order valence-electron chi connectivity index (χ3n) is 3.06. The van der Waals surface area contributed by atoms with Crippen LogP contribution >= 0.6 is 11.8 Å². The first kappa shape index (κ1) is 14.7. The van der Waals surface area contributed by atoms with Gasteiger partial charge in [0, 0.05) is 4.90 Å². The highest BCUT2D eigenvalue weighted by Gasteiger charge is 2.16. The van der Waals surface area contributed by atoms with Crippen LogP contribution in [0.5, 0.6) is 5.75 Å². The number of methoxy groups -OCH3 is 1. The van der Waals surface area contributed by atoms with Crippen molar-refractivity contribution in [2.45, 2.75) is 23.5 Å². The van der Waals surface area contributed by atoms with Crippen LogP contribution in [0.4, 0.5) is 0 Å². The van der Waals surface area contributed by atoms with Crippen molar-refractivity contribution in [3.63, 3.8) is 0 Å². The summed E-state index contributed by atoms with van der Waals surface area (Å²) in [5.74, 6) is 1.03. The Hall–Kier alpha value is -1.74. The molecule has 20 heavy (non-hydrogen) atoms. The Kier molecular flexibility index (Phi) is 5.24. The maximum Gasteiger partial charge on any atom is 0.143 e. The lowest BCUT2D eigenvalue weighted by Gasteiger charge is -2.14. The molecule has 2 aromatic rings. The summed E-state index contributed by atoms with van der Waals surface area (Å²) >= 11 is 1.61. The maximum absolute atomic E-state index is 11.8. The Morgan fingerprint density at radius 3 is 2.30 bits per heavy atom. The number of Topliss-reactive ketones (excluding diaryl/α,β-unsaturated/α-hetero) is 1. The molecule has 2 rings (SSSR count). The number of hydrogen-bond acceptors (Lipinski definition) is 3. The van der Waals surface area contributed by atoms with Crippen LogP contribution in [0.25, 0.3) is 0 Å². The molecule has 0 aliphatic carbocycles. The van der Waals surface area contributed by atoms with Gasteiger partial charge in [-0.2, -0.15) is 0 Å². The Bertz CT molecular complexity index is 549. The minimum Gasteiger partial charge on any atom is -0.497 e. The highest BCUT2D eigenvalue weighted by molar-refractivity contribution is 8.00. The number of benzene rings is 2. The van der Waals surface area contributed by atoms with Crippen LogP contribution in [0, 0.1) is 0 Å². The predicted molar refractivity (Wildman–Crippen MR) is 83.5 cm³/mol. The first-order chi connectivity index (χ1) is 9.69. The topological polar surface area (TPSA) is 26.3 Å². The normalized spacial score (nSPS) is 11.9. The van der Waals surface area contributed by atoms with Crippen molar-refractivity contribution in [3.8, 4) is 5.75 Å². The maximum atomic E-state index is 11.8. The molecule has 104 valence electrons. The van der Waals surface area contributed by atoms with Gasteiger partial charge in [0.05, 0.1) is 12.4 Å². The van der Waals surface area contributed by atoms with Crippen LogP contribution in [-0.4, -0.2) is 18.1 Å². The fourth-order valence-electron chi connectivity index (χ4n) is 1.92. The largest absolute Gasteiger partial charge is 0.497 e. The second kappa shape index (κ2) is 7.15. The molecule has 0 bridgehead atoms. The van der Waals surface area contributed by atoms with E-state index in [0.717, 1.165) is 17.1 Å². The molecule has 0 heterocycles. The number of ether oxygens (including phenoxy) is 1. The van der Waals surface area contributed by atoms with Gasteiger partial charge < -0.3 is 4.74 Å². The van der Waals surface area contributed by atoms with Crippen molar-refractivity contribution in [3.05, 3.63) is 60.2 Å². The number of carbonyl (C=O) groups excluding carboxylic acids is 1. The van der Waals surface area contributed by atoms with Crippen molar-refractivity contribution in [2.24, 2.45) is 0 Å². The molecule has 0 N–H and O–H groups in total. The van der Waals surface area contributed by atoms with Gasteiger partial charge in [0.15, 0.2) is 0 Å². The molecule has 2 aromatic carbocycles. The van der Waals surface area contributed by atoms with Crippen molar-refractivity contribution < 1.29 is 9.53 Å². The second-order valence-corrected chi connectivity index (χ2v) is 5.86. The van der Waals surface area contributed by atoms with Gasteiger partial charge in [-0.05, 0) is 43.2 Å². The van der Waals surface area contributed by atoms with Gasteiger partial charge in [-0.3, -0.25) is 4.79 Å². The van der Waals surface area contributed by atoms with Gasteiger partial charge in [0.25, 0.3) is 0 Å². The summed E-state index contributed by atoms with van der Waals surface area (Å²) in [5.41, 5.74) is 1.19. The third-order valence-corrected chi connectivity index (χ3v) is 4.38. The van der Waals surface area contributed by atoms with E-state index in [-0.39, 0.29) is 11.0 Å². The lowest BCUT2D eigenvalue weighted by atomic mass is 10.1. The Morgan fingerprint density at radius 2 is 1.75 bits per heavy atom. The summed E-state index contributed by atoms with van der Waals surface area (Å²) in [5, 5.41) is -0.0502. The monoisotopic (exact) mass is 286 g/mol. The smallest absolute Gasteiger partial charge is 0.143 e. The molecular weight excluding hydrogens is 268 g/mol. The van der Waals surface area contributed by atoms with Crippen molar-refractivity contribution in [1.82, 2.24) is 0 Å². The molecule has 0 aromatic heterocycles. The zero-order chi connectivity index (χ0) is 14.4. The van der Waals surface area contributed by atoms with Crippen LogP contribution in [0.1, 0.15) is 12.5 Å². The van der Waals surface area contributed by atoms with Crippen molar-refractivity contribution >= 4 is 17.5 Å². The fraction of sp³-hybridized carbons (Fsp3) is 0.235. The Balaban J connectivity index is 2.07. The van der Waals surface area contributed by atoms with E-state index in [1.54, 1.807) is 25.8 Å². The summed E-state index contributed by atoms with van der Waals surface area (Å²) in [6.07, 6.45) is 0.757. The molecule has 0 saturated carbocycles. The number of hydrogen-bond donors (Lipinski definition) is 0. The van der Waals surface area contributed by atoms with Gasteiger partial charge in [0.1, 0.15) is 11.5 Å². The van der Waals surface area contributed by atoms with E-state index in [0.29, 0.717) is 0 Å². The first-order valence-electron chi connectivity index (χ1n) is 6.54. The standard InChI is InChI=1S/C17H18O2S/c1-13(18)17(12-14-6-4-3-5-7-14)20-16-10-8-15(19-2)9-11-16/h3-11,17H,12H2,1-2H3. The molecular formula is C17H18O2S. The van der Waals surface area contributed by atoms with E-state index in [2.05, 4.69) is 12.1 Å². The lowest BCUT2D eigenvalue weighted by Crippen LogP contribution is -2.16. The average molecular weight is 286 g/mol. The quantitative estimate of drug-likeness (QED) is 0.751. The van der Waals surface area contributed by atoms with E-state index in [9.17, 15) is 4.79 Å².